The second kappa shape index (κ2) is 5.93. The van der Waals surface area contributed by atoms with Gasteiger partial charge in [-0.1, -0.05) is 12.1 Å². The van der Waals surface area contributed by atoms with Crippen LogP contribution in [0.15, 0.2) is 24.3 Å². The van der Waals surface area contributed by atoms with Gasteiger partial charge in [-0.2, -0.15) is 11.8 Å². The van der Waals surface area contributed by atoms with Crippen molar-refractivity contribution in [3.05, 3.63) is 35.5 Å². The minimum absolute atomic E-state index is 0.158. The number of benzene rings is 1. The zero-order chi connectivity index (χ0) is 14.8. The number of nitrogens with one attached hydrogen (secondary N) is 1. The molecular weight excluding hydrogens is 282 g/mol. The van der Waals surface area contributed by atoms with E-state index in [0.717, 1.165) is 40.2 Å². The molecule has 1 aromatic heterocycles. The molecule has 0 fully saturated rings. The predicted octanol–water partition coefficient (Wildman–Crippen LogP) is 3.72. The van der Waals surface area contributed by atoms with Crippen LogP contribution in [0.1, 0.15) is 25.1 Å². The van der Waals surface area contributed by atoms with Crippen LogP contribution in [0, 0.1) is 0 Å². The highest BCUT2D eigenvalue weighted by atomic mass is 32.2. The number of rotatable bonds is 4. The molecule has 0 saturated carbocycles. The van der Waals surface area contributed by atoms with Gasteiger partial charge in [0.2, 0.25) is 0 Å². The molecule has 0 saturated heterocycles. The molecule has 2 heterocycles. The van der Waals surface area contributed by atoms with E-state index in [1.165, 1.54) is 5.56 Å². The van der Waals surface area contributed by atoms with E-state index in [2.05, 4.69) is 10.3 Å². The third-order valence-electron chi connectivity index (χ3n) is 3.28. The van der Waals surface area contributed by atoms with Crippen molar-refractivity contribution in [1.29, 1.82) is 0 Å². The molecule has 0 unspecified atom stereocenters. The van der Waals surface area contributed by atoms with Gasteiger partial charge >= 0.3 is 0 Å². The van der Waals surface area contributed by atoms with E-state index in [1.54, 1.807) is 0 Å². The second-order valence-electron chi connectivity index (χ2n) is 5.26. The standard InChI is InChI=1S/C16H19N3OS/c1-10(2)20-12-6-4-5-11(7-12)15-18-14-9-21-8-13(14)16(17-3)19-15/h4-7,10H,8-9H2,1-3H3,(H,17,18,19). The quantitative estimate of drug-likeness (QED) is 0.932. The van der Waals surface area contributed by atoms with Crippen LogP contribution < -0.4 is 10.1 Å². The van der Waals surface area contributed by atoms with Crippen LogP contribution in [0.4, 0.5) is 5.82 Å². The van der Waals surface area contributed by atoms with Crippen LogP contribution >= 0.6 is 11.8 Å². The molecule has 1 aliphatic rings. The maximum absolute atomic E-state index is 5.75. The molecule has 110 valence electrons. The summed E-state index contributed by atoms with van der Waals surface area (Å²) < 4.78 is 5.75. The molecule has 0 bridgehead atoms. The van der Waals surface area contributed by atoms with Crippen LogP contribution in [0.3, 0.4) is 0 Å². The minimum Gasteiger partial charge on any atom is -0.491 e. The fourth-order valence-electron chi connectivity index (χ4n) is 2.37. The van der Waals surface area contributed by atoms with Crippen molar-refractivity contribution in [3.8, 4) is 17.1 Å². The number of nitrogens with zero attached hydrogens (tertiary/aromatic N) is 2. The molecule has 1 N–H and O–H groups in total. The Kier molecular flexibility index (Phi) is 4.01. The fourth-order valence-corrected chi connectivity index (χ4v) is 3.41. The van der Waals surface area contributed by atoms with Crippen molar-refractivity contribution in [2.45, 2.75) is 31.5 Å². The van der Waals surface area contributed by atoms with Gasteiger partial charge in [0.15, 0.2) is 5.82 Å². The summed E-state index contributed by atoms with van der Waals surface area (Å²) in [5.74, 6) is 4.50. The van der Waals surface area contributed by atoms with Gasteiger partial charge in [-0.3, -0.25) is 0 Å². The molecule has 0 amide bonds. The van der Waals surface area contributed by atoms with Gasteiger partial charge in [-0.25, -0.2) is 9.97 Å². The third-order valence-corrected chi connectivity index (χ3v) is 4.25. The second-order valence-corrected chi connectivity index (χ2v) is 6.24. The van der Waals surface area contributed by atoms with Crippen LogP contribution in [-0.2, 0) is 11.5 Å². The van der Waals surface area contributed by atoms with Crippen LogP contribution in [0.2, 0.25) is 0 Å². The molecule has 5 heteroatoms. The lowest BCUT2D eigenvalue weighted by Gasteiger charge is -2.12. The van der Waals surface area contributed by atoms with Gasteiger partial charge in [-0.05, 0) is 26.0 Å². The van der Waals surface area contributed by atoms with E-state index >= 15 is 0 Å². The normalized spacial score (nSPS) is 13.3. The first-order valence-corrected chi connectivity index (χ1v) is 8.25. The summed E-state index contributed by atoms with van der Waals surface area (Å²) in [6, 6.07) is 7.98. The molecule has 1 aliphatic heterocycles. The predicted molar refractivity (Wildman–Crippen MR) is 87.8 cm³/mol. The highest BCUT2D eigenvalue weighted by Gasteiger charge is 2.19. The van der Waals surface area contributed by atoms with Gasteiger partial charge in [-0.15, -0.1) is 0 Å². The van der Waals surface area contributed by atoms with Crippen molar-refractivity contribution in [1.82, 2.24) is 9.97 Å². The van der Waals surface area contributed by atoms with Crippen molar-refractivity contribution in [3.63, 3.8) is 0 Å². The molecule has 0 spiro atoms. The summed E-state index contributed by atoms with van der Waals surface area (Å²) in [5.41, 5.74) is 3.37. The van der Waals surface area contributed by atoms with E-state index in [4.69, 9.17) is 9.72 Å². The topological polar surface area (TPSA) is 47.0 Å². The van der Waals surface area contributed by atoms with Crippen molar-refractivity contribution in [2.75, 3.05) is 12.4 Å². The van der Waals surface area contributed by atoms with Gasteiger partial charge in [0.05, 0.1) is 11.8 Å². The minimum atomic E-state index is 0.158. The zero-order valence-corrected chi connectivity index (χ0v) is 13.3. The number of hydrogen-bond acceptors (Lipinski definition) is 5. The maximum Gasteiger partial charge on any atom is 0.161 e. The van der Waals surface area contributed by atoms with Gasteiger partial charge in [0.25, 0.3) is 0 Å². The van der Waals surface area contributed by atoms with Crippen molar-refractivity contribution in [2.24, 2.45) is 0 Å². The Morgan fingerprint density at radius 1 is 1.24 bits per heavy atom. The number of fused-ring (bicyclic) bond motifs is 1. The molecule has 2 aromatic rings. The SMILES string of the molecule is CNc1nc(-c2cccc(OC(C)C)c2)nc2c1CSC2. The number of ether oxygens (including phenoxy) is 1. The Bertz CT molecular complexity index is 658. The molecule has 1 aromatic carbocycles. The summed E-state index contributed by atoms with van der Waals surface area (Å²) in [6.07, 6.45) is 0.158. The van der Waals surface area contributed by atoms with E-state index in [1.807, 2.05) is 56.9 Å². The molecule has 4 nitrogen and oxygen atoms in total. The highest BCUT2D eigenvalue weighted by Crippen LogP contribution is 2.34. The summed E-state index contributed by atoms with van der Waals surface area (Å²) in [7, 11) is 1.91. The monoisotopic (exact) mass is 301 g/mol. The van der Waals surface area contributed by atoms with E-state index < -0.39 is 0 Å². The number of thioether (sulfide) groups is 1. The Balaban J connectivity index is 2.00. The first-order chi connectivity index (χ1) is 10.2. The average Bonchev–Trinajstić information content (AvgIpc) is 2.94. The summed E-state index contributed by atoms with van der Waals surface area (Å²) in [5, 5.41) is 3.19. The lowest BCUT2D eigenvalue weighted by molar-refractivity contribution is 0.242. The van der Waals surface area contributed by atoms with Gasteiger partial charge < -0.3 is 10.1 Å². The smallest absolute Gasteiger partial charge is 0.161 e. The number of hydrogen-bond donors (Lipinski definition) is 1. The van der Waals surface area contributed by atoms with Gasteiger partial charge in [0, 0.05) is 29.7 Å². The Hall–Kier alpha value is -1.75. The Morgan fingerprint density at radius 2 is 2.10 bits per heavy atom. The van der Waals surface area contributed by atoms with Crippen LogP contribution in [-0.4, -0.2) is 23.1 Å². The zero-order valence-electron chi connectivity index (χ0n) is 12.5. The van der Waals surface area contributed by atoms with Crippen molar-refractivity contribution < 1.29 is 4.74 Å². The van der Waals surface area contributed by atoms with E-state index in [0.29, 0.717) is 0 Å². The average molecular weight is 301 g/mol. The largest absolute Gasteiger partial charge is 0.491 e. The molecule has 0 radical (unpaired) electrons. The fraction of sp³-hybridized carbons (Fsp3) is 0.375. The van der Waals surface area contributed by atoms with E-state index in [9.17, 15) is 0 Å². The van der Waals surface area contributed by atoms with Gasteiger partial charge in [0.1, 0.15) is 11.6 Å². The number of anilines is 1. The first-order valence-electron chi connectivity index (χ1n) is 7.09. The maximum atomic E-state index is 5.75. The summed E-state index contributed by atoms with van der Waals surface area (Å²) >= 11 is 1.88. The van der Waals surface area contributed by atoms with Crippen LogP contribution in [0.5, 0.6) is 5.75 Å². The molecule has 0 atom stereocenters. The highest BCUT2D eigenvalue weighted by molar-refractivity contribution is 7.98. The number of aromatic nitrogens is 2. The molecule has 21 heavy (non-hydrogen) atoms. The summed E-state index contributed by atoms with van der Waals surface area (Å²) in [6.45, 7) is 4.05. The molecule has 3 rings (SSSR count). The Morgan fingerprint density at radius 3 is 2.86 bits per heavy atom. The molecular formula is C16H19N3OS. The molecule has 0 aliphatic carbocycles. The summed E-state index contributed by atoms with van der Waals surface area (Å²) in [4.78, 5) is 9.39. The third kappa shape index (κ3) is 2.97. The first kappa shape index (κ1) is 14.2. The van der Waals surface area contributed by atoms with Crippen LogP contribution in [0.25, 0.3) is 11.4 Å². The lowest BCUT2D eigenvalue weighted by Crippen LogP contribution is -2.06. The lowest BCUT2D eigenvalue weighted by atomic mass is 10.1. The van der Waals surface area contributed by atoms with Crippen molar-refractivity contribution >= 4 is 17.6 Å². The van der Waals surface area contributed by atoms with E-state index in [-0.39, 0.29) is 6.10 Å². The Labute approximate surface area is 129 Å².